The number of carbonyl (C=O) groups excluding carboxylic acids is 1. The molecule has 7 heteroatoms. The van der Waals surface area contributed by atoms with E-state index in [1.54, 1.807) is 0 Å². The zero-order valence-corrected chi connectivity index (χ0v) is 9.38. The van der Waals surface area contributed by atoms with Crippen LogP contribution in [0.15, 0.2) is 10.7 Å². The molecule has 1 aliphatic rings. The second-order valence-corrected chi connectivity index (χ2v) is 3.96. The van der Waals surface area contributed by atoms with Crippen LogP contribution in [-0.2, 0) is 0 Å². The van der Waals surface area contributed by atoms with Gasteiger partial charge in [0.25, 0.3) is 5.91 Å². The summed E-state index contributed by atoms with van der Waals surface area (Å²) in [6.07, 6.45) is 2.48. The van der Waals surface area contributed by atoms with Gasteiger partial charge in [0.05, 0.1) is 0 Å². The van der Waals surface area contributed by atoms with Crippen LogP contribution in [0.4, 0.5) is 0 Å². The van der Waals surface area contributed by atoms with Gasteiger partial charge in [-0.15, -0.1) is 0 Å². The van der Waals surface area contributed by atoms with Crippen LogP contribution in [0.3, 0.4) is 0 Å². The number of furan rings is 1. The molecule has 0 atom stereocenters. The fraction of sp³-hybridized carbons (Fsp3) is 0.364. The van der Waals surface area contributed by atoms with Crippen LogP contribution in [0.1, 0.15) is 44.1 Å². The predicted molar refractivity (Wildman–Crippen MR) is 57.8 cm³/mol. The third-order valence-electron chi connectivity index (χ3n) is 2.82. The van der Waals surface area contributed by atoms with Gasteiger partial charge in [0.15, 0.2) is 0 Å². The van der Waals surface area contributed by atoms with Crippen molar-refractivity contribution in [3.8, 4) is 0 Å². The highest BCUT2D eigenvalue weighted by molar-refractivity contribution is 6.09. The molecule has 0 spiro atoms. The van der Waals surface area contributed by atoms with Crippen molar-refractivity contribution in [1.82, 2.24) is 4.90 Å². The molecule has 7 nitrogen and oxygen atoms in total. The average molecular weight is 253 g/mol. The van der Waals surface area contributed by atoms with Crippen molar-refractivity contribution in [1.29, 1.82) is 0 Å². The van der Waals surface area contributed by atoms with E-state index in [1.165, 1.54) is 4.90 Å². The normalized spacial score (nSPS) is 14.8. The average Bonchev–Trinajstić information content (AvgIpc) is 2.97. The SMILES string of the molecule is O=C(O)c1coc(C(=O)N2CCCC2)c1C(=O)O. The molecule has 96 valence electrons. The summed E-state index contributed by atoms with van der Waals surface area (Å²) in [4.78, 5) is 35.3. The largest absolute Gasteiger partial charge is 0.478 e. The molecule has 0 aliphatic carbocycles. The summed E-state index contributed by atoms with van der Waals surface area (Å²) in [6, 6.07) is 0. The molecular weight excluding hydrogens is 242 g/mol. The maximum atomic E-state index is 12.0. The Hall–Kier alpha value is -2.31. The first kappa shape index (κ1) is 12.2. The minimum absolute atomic E-state index is 0.415. The Bertz CT molecular complexity index is 512. The minimum atomic E-state index is -1.48. The molecule has 2 rings (SSSR count). The molecule has 2 N–H and O–H groups in total. The molecule has 1 aromatic rings. The van der Waals surface area contributed by atoms with E-state index < -0.39 is 34.7 Å². The summed E-state index contributed by atoms with van der Waals surface area (Å²) < 4.78 is 4.84. The van der Waals surface area contributed by atoms with Gasteiger partial charge in [-0.25, -0.2) is 9.59 Å². The third kappa shape index (κ3) is 1.94. The standard InChI is InChI=1S/C11H11NO6/c13-9(12-3-1-2-4-12)8-7(11(16)17)6(5-18-8)10(14)15/h5H,1-4H2,(H,14,15)(H,16,17). The van der Waals surface area contributed by atoms with Crippen molar-refractivity contribution in [2.75, 3.05) is 13.1 Å². The van der Waals surface area contributed by atoms with Gasteiger partial charge in [0, 0.05) is 13.1 Å². The Labute approximate surface area is 102 Å². The van der Waals surface area contributed by atoms with Crippen LogP contribution in [0, 0.1) is 0 Å². The smallest absolute Gasteiger partial charge is 0.340 e. The Morgan fingerprint density at radius 3 is 2.22 bits per heavy atom. The predicted octanol–water partition coefficient (Wildman–Crippen LogP) is 0.912. The van der Waals surface area contributed by atoms with Gasteiger partial charge in [0.1, 0.15) is 17.4 Å². The highest BCUT2D eigenvalue weighted by atomic mass is 16.4. The van der Waals surface area contributed by atoms with E-state index in [2.05, 4.69) is 0 Å². The van der Waals surface area contributed by atoms with Gasteiger partial charge in [0.2, 0.25) is 5.76 Å². The van der Waals surface area contributed by atoms with Gasteiger partial charge >= 0.3 is 11.9 Å². The highest BCUT2D eigenvalue weighted by Gasteiger charge is 2.32. The molecule has 1 aliphatic heterocycles. The van der Waals surface area contributed by atoms with Crippen LogP contribution < -0.4 is 0 Å². The van der Waals surface area contributed by atoms with Crippen molar-refractivity contribution in [2.24, 2.45) is 0 Å². The van der Waals surface area contributed by atoms with Crippen LogP contribution >= 0.6 is 0 Å². The summed E-state index contributed by atoms with van der Waals surface area (Å²) in [5.41, 5.74) is -1.09. The first-order valence-corrected chi connectivity index (χ1v) is 5.39. The van der Waals surface area contributed by atoms with E-state index in [0.717, 1.165) is 19.1 Å². The number of amides is 1. The lowest BCUT2D eigenvalue weighted by Gasteiger charge is -2.13. The zero-order chi connectivity index (χ0) is 13.3. The van der Waals surface area contributed by atoms with Crippen molar-refractivity contribution >= 4 is 17.8 Å². The monoisotopic (exact) mass is 253 g/mol. The van der Waals surface area contributed by atoms with Crippen LogP contribution in [0.25, 0.3) is 0 Å². The molecule has 0 aromatic carbocycles. The van der Waals surface area contributed by atoms with Gasteiger partial charge in [-0.1, -0.05) is 0 Å². The number of hydrogen-bond donors (Lipinski definition) is 2. The van der Waals surface area contributed by atoms with E-state index in [4.69, 9.17) is 14.6 Å². The van der Waals surface area contributed by atoms with E-state index in [1.807, 2.05) is 0 Å². The second-order valence-electron chi connectivity index (χ2n) is 3.96. The van der Waals surface area contributed by atoms with E-state index in [0.29, 0.717) is 13.1 Å². The second kappa shape index (κ2) is 4.52. The van der Waals surface area contributed by atoms with E-state index in [9.17, 15) is 14.4 Å². The van der Waals surface area contributed by atoms with E-state index >= 15 is 0 Å². The topological polar surface area (TPSA) is 108 Å². The van der Waals surface area contributed by atoms with Gasteiger partial charge in [-0.05, 0) is 12.8 Å². The molecule has 18 heavy (non-hydrogen) atoms. The number of hydrogen-bond acceptors (Lipinski definition) is 4. The van der Waals surface area contributed by atoms with Gasteiger partial charge in [-0.2, -0.15) is 0 Å². The molecule has 0 saturated carbocycles. The Morgan fingerprint density at radius 2 is 1.72 bits per heavy atom. The minimum Gasteiger partial charge on any atom is -0.478 e. The number of likely N-dealkylation sites (tertiary alicyclic amines) is 1. The van der Waals surface area contributed by atoms with Crippen LogP contribution in [-0.4, -0.2) is 46.0 Å². The fourth-order valence-electron chi connectivity index (χ4n) is 1.95. The first-order chi connectivity index (χ1) is 8.52. The lowest BCUT2D eigenvalue weighted by molar-refractivity contribution is 0.0645. The summed E-state index contributed by atoms with van der Waals surface area (Å²) in [5.74, 6) is -3.90. The molecule has 1 aromatic heterocycles. The number of carbonyl (C=O) groups is 3. The number of rotatable bonds is 3. The van der Waals surface area contributed by atoms with Gasteiger partial charge in [-0.3, -0.25) is 4.79 Å². The Kier molecular flexibility index (Phi) is 3.05. The molecular formula is C11H11NO6. The summed E-state index contributed by atoms with van der Waals surface area (Å²) in [7, 11) is 0. The summed E-state index contributed by atoms with van der Waals surface area (Å²) in [6.45, 7) is 1.06. The van der Waals surface area contributed by atoms with Crippen molar-refractivity contribution in [3.63, 3.8) is 0 Å². The summed E-state index contributed by atoms with van der Waals surface area (Å²) in [5, 5.41) is 17.8. The van der Waals surface area contributed by atoms with Crippen LogP contribution in [0.2, 0.25) is 0 Å². The molecule has 2 heterocycles. The first-order valence-electron chi connectivity index (χ1n) is 5.39. The molecule has 0 radical (unpaired) electrons. The number of carboxylic acids is 2. The van der Waals surface area contributed by atoms with Crippen molar-refractivity contribution in [2.45, 2.75) is 12.8 Å². The van der Waals surface area contributed by atoms with Crippen molar-refractivity contribution in [3.05, 3.63) is 23.2 Å². The quantitative estimate of drug-likeness (QED) is 0.828. The lowest BCUT2D eigenvalue weighted by Crippen LogP contribution is -2.28. The zero-order valence-electron chi connectivity index (χ0n) is 9.38. The number of aromatic carboxylic acids is 2. The lowest BCUT2D eigenvalue weighted by atomic mass is 10.1. The van der Waals surface area contributed by atoms with Crippen LogP contribution in [0.5, 0.6) is 0 Å². The maximum Gasteiger partial charge on any atom is 0.340 e. The Morgan fingerprint density at radius 1 is 1.11 bits per heavy atom. The molecule has 1 fully saturated rings. The van der Waals surface area contributed by atoms with E-state index in [-0.39, 0.29) is 0 Å². The molecule has 0 unspecified atom stereocenters. The van der Waals surface area contributed by atoms with Gasteiger partial charge < -0.3 is 19.5 Å². The Balaban J connectivity index is 2.41. The molecule has 0 bridgehead atoms. The summed E-state index contributed by atoms with van der Waals surface area (Å²) >= 11 is 0. The third-order valence-corrected chi connectivity index (χ3v) is 2.82. The molecule has 1 saturated heterocycles. The fourth-order valence-corrected chi connectivity index (χ4v) is 1.95. The molecule has 1 amide bonds. The van der Waals surface area contributed by atoms with Crippen molar-refractivity contribution < 1.29 is 29.0 Å². The number of nitrogens with zero attached hydrogens (tertiary/aromatic N) is 1. The highest BCUT2D eigenvalue weighted by Crippen LogP contribution is 2.21. The number of carboxylic acid groups (broad SMARTS) is 2. The maximum absolute atomic E-state index is 12.0.